The topological polar surface area (TPSA) is 85.7 Å². The first-order valence-electron chi connectivity index (χ1n) is 15.2. The standard InChI is InChI=1S/C38H33N3O4S/c1-6-45-37(43)31-23(4)39-38-41(35(31)32-26-15-11-10-12-24(26)16-17-29(32)44-5)36(42)30(46-38)20-28-27-19-21(2)18-22(3)33(27)40-34(28)25-13-8-7-9-14-25/h7-20,35,40H,6H2,1-5H3/b30-20+/t35-/m0/s1. The Kier molecular flexibility index (Phi) is 7.45. The molecule has 7 nitrogen and oxygen atoms in total. The van der Waals surface area contributed by atoms with Gasteiger partial charge in [0.2, 0.25) is 0 Å². The van der Waals surface area contributed by atoms with E-state index in [0.29, 0.717) is 31.9 Å². The highest BCUT2D eigenvalue weighted by molar-refractivity contribution is 7.07. The van der Waals surface area contributed by atoms with Crippen LogP contribution in [-0.2, 0) is 9.53 Å². The van der Waals surface area contributed by atoms with E-state index in [4.69, 9.17) is 14.5 Å². The number of hydrogen-bond acceptors (Lipinski definition) is 6. The Morgan fingerprint density at radius 1 is 1.00 bits per heavy atom. The molecule has 0 radical (unpaired) electrons. The zero-order valence-electron chi connectivity index (χ0n) is 26.3. The Morgan fingerprint density at radius 3 is 2.52 bits per heavy atom. The third-order valence-corrected chi connectivity index (χ3v) is 9.55. The van der Waals surface area contributed by atoms with Gasteiger partial charge in [-0.25, -0.2) is 9.79 Å². The molecule has 3 heterocycles. The number of esters is 1. The summed E-state index contributed by atoms with van der Waals surface area (Å²) in [5, 5.41) is 2.89. The minimum atomic E-state index is -0.806. The van der Waals surface area contributed by atoms with Crippen molar-refractivity contribution >= 4 is 45.1 Å². The number of methoxy groups -OCH3 is 1. The Bertz CT molecular complexity index is 2400. The van der Waals surface area contributed by atoms with Gasteiger partial charge in [-0.15, -0.1) is 0 Å². The lowest BCUT2D eigenvalue weighted by Gasteiger charge is -2.27. The van der Waals surface area contributed by atoms with Crippen LogP contribution in [0, 0.1) is 13.8 Å². The smallest absolute Gasteiger partial charge is 0.338 e. The number of carbonyl (C=O) groups is 1. The third kappa shape index (κ3) is 4.77. The highest BCUT2D eigenvalue weighted by Crippen LogP contribution is 2.40. The monoisotopic (exact) mass is 627 g/mol. The Hall–Kier alpha value is -5.21. The molecule has 0 bridgehead atoms. The molecule has 7 rings (SSSR count). The van der Waals surface area contributed by atoms with Gasteiger partial charge in [0.05, 0.1) is 35.2 Å². The number of ether oxygens (including phenoxy) is 2. The molecule has 0 spiro atoms. The van der Waals surface area contributed by atoms with Gasteiger partial charge in [0.25, 0.3) is 5.56 Å². The van der Waals surface area contributed by atoms with Crippen LogP contribution in [0.1, 0.15) is 42.1 Å². The molecule has 1 aliphatic heterocycles. The second kappa shape index (κ2) is 11.6. The number of aryl methyl sites for hydroxylation is 2. The van der Waals surface area contributed by atoms with Crippen LogP contribution in [-0.4, -0.2) is 29.2 Å². The molecule has 1 atom stereocenters. The molecule has 4 aromatic carbocycles. The highest BCUT2D eigenvalue weighted by atomic mass is 32.1. The number of fused-ring (bicyclic) bond motifs is 3. The Labute approximate surface area is 269 Å². The van der Waals surface area contributed by atoms with Crippen LogP contribution in [0.25, 0.3) is 39.0 Å². The van der Waals surface area contributed by atoms with Gasteiger partial charge >= 0.3 is 5.97 Å². The van der Waals surface area contributed by atoms with Crippen molar-refractivity contribution in [3.8, 4) is 17.0 Å². The first-order valence-corrected chi connectivity index (χ1v) is 16.1. The van der Waals surface area contributed by atoms with Crippen LogP contribution in [0.15, 0.2) is 99.9 Å². The Morgan fingerprint density at radius 2 is 1.76 bits per heavy atom. The van der Waals surface area contributed by atoms with E-state index in [9.17, 15) is 9.59 Å². The van der Waals surface area contributed by atoms with Gasteiger partial charge < -0.3 is 14.5 Å². The minimum Gasteiger partial charge on any atom is -0.496 e. The van der Waals surface area contributed by atoms with Gasteiger partial charge in [-0.1, -0.05) is 83.6 Å². The first-order chi connectivity index (χ1) is 22.3. The lowest BCUT2D eigenvalue weighted by Crippen LogP contribution is -2.40. The van der Waals surface area contributed by atoms with Crippen LogP contribution < -0.4 is 19.6 Å². The summed E-state index contributed by atoms with van der Waals surface area (Å²) >= 11 is 1.32. The molecule has 2 aromatic heterocycles. The summed E-state index contributed by atoms with van der Waals surface area (Å²) in [5.41, 5.74) is 7.49. The van der Waals surface area contributed by atoms with Crippen LogP contribution in [0.2, 0.25) is 0 Å². The summed E-state index contributed by atoms with van der Waals surface area (Å²) in [7, 11) is 1.60. The average Bonchev–Trinajstić information content (AvgIpc) is 3.57. The van der Waals surface area contributed by atoms with Crippen molar-refractivity contribution in [3.05, 3.63) is 132 Å². The molecule has 6 aromatic rings. The molecule has 1 aliphatic rings. The maximum absolute atomic E-state index is 14.7. The molecule has 0 saturated heterocycles. The number of aromatic nitrogens is 2. The summed E-state index contributed by atoms with van der Waals surface area (Å²) in [6.07, 6.45) is 1.96. The number of nitrogens with zero attached hydrogens (tertiary/aromatic N) is 2. The van der Waals surface area contributed by atoms with Gasteiger partial charge in [0.15, 0.2) is 4.80 Å². The van der Waals surface area contributed by atoms with Crippen molar-refractivity contribution in [1.29, 1.82) is 0 Å². The zero-order valence-corrected chi connectivity index (χ0v) is 27.1. The summed E-state index contributed by atoms with van der Waals surface area (Å²) in [6, 6.07) is 25.4. The molecule has 46 heavy (non-hydrogen) atoms. The Balaban J connectivity index is 1.55. The average molecular weight is 628 g/mol. The molecule has 0 fully saturated rings. The van der Waals surface area contributed by atoms with Crippen molar-refractivity contribution in [2.45, 2.75) is 33.7 Å². The second-order valence-electron chi connectivity index (χ2n) is 11.5. The number of allylic oxidation sites excluding steroid dienone is 1. The lowest BCUT2D eigenvalue weighted by atomic mass is 9.90. The van der Waals surface area contributed by atoms with Crippen LogP contribution >= 0.6 is 11.3 Å². The number of hydrogen-bond donors (Lipinski definition) is 1. The largest absolute Gasteiger partial charge is 0.496 e. The van der Waals surface area contributed by atoms with Gasteiger partial charge in [0, 0.05) is 22.0 Å². The first kappa shape index (κ1) is 29.5. The molecular formula is C38H33N3O4S. The number of H-pyrrole nitrogens is 1. The summed E-state index contributed by atoms with van der Waals surface area (Å²) < 4.78 is 13.6. The molecule has 0 saturated carbocycles. The van der Waals surface area contributed by atoms with Crippen molar-refractivity contribution in [2.24, 2.45) is 4.99 Å². The minimum absolute atomic E-state index is 0.196. The van der Waals surface area contributed by atoms with E-state index in [1.165, 1.54) is 11.3 Å². The maximum atomic E-state index is 14.7. The number of thiazole rings is 1. The van der Waals surface area contributed by atoms with Crippen LogP contribution in [0.4, 0.5) is 0 Å². The predicted molar refractivity (Wildman–Crippen MR) is 184 cm³/mol. The van der Waals surface area contributed by atoms with Crippen molar-refractivity contribution in [3.63, 3.8) is 0 Å². The molecule has 0 aliphatic carbocycles. The number of rotatable bonds is 6. The summed E-state index contributed by atoms with van der Waals surface area (Å²) in [4.78, 5) is 37.3. The fraction of sp³-hybridized carbons (Fsp3) is 0.184. The van der Waals surface area contributed by atoms with Gasteiger partial charge in [-0.3, -0.25) is 9.36 Å². The van der Waals surface area contributed by atoms with E-state index < -0.39 is 12.0 Å². The van der Waals surface area contributed by atoms with E-state index in [0.717, 1.165) is 49.6 Å². The van der Waals surface area contributed by atoms with Gasteiger partial charge in [-0.2, -0.15) is 0 Å². The van der Waals surface area contributed by atoms with E-state index >= 15 is 0 Å². The van der Waals surface area contributed by atoms with Gasteiger partial charge in [-0.05, 0) is 67.8 Å². The van der Waals surface area contributed by atoms with E-state index in [-0.39, 0.29) is 12.2 Å². The molecule has 1 N–H and O–H groups in total. The molecule has 230 valence electrons. The number of carbonyl (C=O) groups excluding carboxylic acids is 1. The number of aromatic amines is 1. The second-order valence-corrected chi connectivity index (χ2v) is 12.5. The quantitative estimate of drug-likeness (QED) is 0.208. The number of benzene rings is 4. The number of nitrogens with one attached hydrogen (secondary N) is 1. The zero-order chi connectivity index (χ0) is 32.1. The fourth-order valence-corrected chi connectivity index (χ4v) is 7.62. The summed E-state index contributed by atoms with van der Waals surface area (Å²) in [5.74, 6) is 0.0654. The lowest BCUT2D eigenvalue weighted by molar-refractivity contribution is -0.139. The predicted octanol–water partition coefficient (Wildman–Crippen LogP) is 6.73. The van der Waals surface area contributed by atoms with Crippen molar-refractivity contribution < 1.29 is 14.3 Å². The van der Waals surface area contributed by atoms with Crippen LogP contribution in [0.3, 0.4) is 0 Å². The third-order valence-electron chi connectivity index (χ3n) is 8.57. The van der Waals surface area contributed by atoms with E-state index in [1.54, 1.807) is 25.5 Å². The normalized spacial score (nSPS) is 14.9. The summed E-state index contributed by atoms with van der Waals surface area (Å²) in [6.45, 7) is 7.94. The van der Waals surface area contributed by atoms with E-state index in [2.05, 4.69) is 43.1 Å². The molecular weight excluding hydrogens is 595 g/mol. The SMILES string of the molecule is CCOC(=O)C1=C(C)N=c2s/c(=C/c3c(-c4ccccc4)[nH]c4c(C)cc(C)cc34)c(=O)n2[C@@H]1c1c(OC)ccc2ccccc12. The van der Waals surface area contributed by atoms with E-state index in [1.807, 2.05) is 60.7 Å². The van der Waals surface area contributed by atoms with Crippen molar-refractivity contribution in [1.82, 2.24) is 9.55 Å². The fourth-order valence-electron chi connectivity index (χ4n) is 6.59. The molecule has 0 unspecified atom stereocenters. The molecule has 0 amide bonds. The van der Waals surface area contributed by atoms with Gasteiger partial charge in [0.1, 0.15) is 11.8 Å². The van der Waals surface area contributed by atoms with Crippen molar-refractivity contribution in [2.75, 3.05) is 13.7 Å². The molecule has 8 heteroatoms. The van der Waals surface area contributed by atoms with Crippen LogP contribution in [0.5, 0.6) is 5.75 Å². The maximum Gasteiger partial charge on any atom is 0.338 e. The highest BCUT2D eigenvalue weighted by Gasteiger charge is 2.36.